The first kappa shape index (κ1) is 30.0. The number of amides is 5. The summed E-state index contributed by atoms with van der Waals surface area (Å²) >= 11 is 0. The number of nitrogens with one attached hydrogen (secondary N) is 3. The van der Waals surface area contributed by atoms with Gasteiger partial charge in [-0.15, -0.1) is 0 Å². The molecule has 0 saturated carbocycles. The quantitative estimate of drug-likeness (QED) is 0.271. The van der Waals surface area contributed by atoms with E-state index in [4.69, 9.17) is 0 Å². The first-order valence-corrected chi connectivity index (χ1v) is 14.0. The van der Waals surface area contributed by atoms with Crippen LogP contribution in [0.15, 0.2) is 91.0 Å². The molecule has 5 rings (SSSR count). The van der Waals surface area contributed by atoms with Gasteiger partial charge in [-0.1, -0.05) is 78.9 Å². The SMILES string of the molecule is O=C1CN(Cc2ccccc2)C(=O)[C@@H](C(C(=O)O)C(C(=O)Nc2ccccc2)[C@H]2NC(=O)CN(Cc3ccccc3)C2=O)N1. The molecular weight excluding hydrogens is 566 g/mol. The summed E-state index contributed by atoms with van der Waals surface area (Å²) in [6.45, 7) is -0.556. The number of carboxylic acids is 1. The zero-order chi connectivity index (χ0) is 31.2. The third kappa shape index (κ3) is 6.75. The summed E-state index contributed by atoms with van der Waals surface area (Å²) in [4.78, 5) is 82.8. The van der Waals surface area contributed by atoms with Crippen molar-refractivity contribution in [3.8, 4) is 0 Å². The predicted octanol–water partition coefficient (Wildman–Crippen LogP) is 0.997. The lowest BCUT2D eigenvalue weighted by atomic mass is 9.77. The fourth-order valence-corrected chi connectivity index (χ4v) is 5.59. The van der Waals surface area contributed by atoms with Crippen LogP contribution in [0.3, 0.4) is 0 Å². The van der Waals surface area contributed by atoms with Crippen LogP contribution in [0.2, 0.25) is 0 Å². The molecule has 5 amide bonds. The van der Waals surface area contributed by atoms with Crippen LogP contribution in [0, 0.1) is 11.8 Å². The number of para-hydroxylation sites is 1. The molecule has 2 unspecified atom stereocenters. The van der Waals surface area contributed by atoms with Crippen LogP contribution < -0.4 is 16.0 Å². The molecule has 2 heterocycles. The zero-order valence-electron chi connectivity index (χ0n) is 23.6. The van der Waals surface area contributed by atoms with Crippen molar-refractivity contribution in [3.05, 3.63) is 102 Å². The van der Waals surface area contributed by atoms with Gasteiger partial charge in [-0.05, 0) is 23.3 Å². The molecule has 4 N–H and O–H groups in total. The van der Waals surface area contributed by atoms with Gasteiger partial charge in [-0.2, -0.15) is 0 Å². The number of anilines is 1. The molecular formula is C32H31N5O7. The lowest BCUT2D eigenvalue weighted by Gasteiger charge is -2.41. The molecule has 44 heavy (non-hydrogen) atoms. The van der Waals surface area contributed by atoms with Crippen molar-refractivity contribution in [1.29, 1.82) is 0 Å². The van der Waals surface area contributed by atoms with Gasteiger partial charge in [0.15, 0.2) is 0 Å². The Morgan fingerprint density at radius 2 is 1.09 bits per heavy atom. The largest absolute Gasteiger partial charge is 0.481 e. The highest BCUT2D eigenvalue weighted by atomic mass is 16.4. The fraction of sp³-hybridized carbons (Fsp3) is 0.250. The van der Waals surface area contributed by atoms with Gasteiger partial charge < -0.3 is 30.9 Å². The average molecular weight is 598 g/mol. The fourth-order valence-electron chi connectivity index (χ4n) is 5.59. The van der Waals surface area contributed by atoms with Gasteiger partial charge in [-0.25, -0.2) is 0 Å². The van der Waals surface area contributed by atoms with Crippen LogP contribution in [0.25, 0.3) is 0 Å². The van der Waals surface area contributed by atoms with Crippen molar-refractivity contribution >= 4 is 41.2 Å². The normalized spacial score (nSPS) is 19.9. The number of nitrogens with zero attached hydrogens (tertiary/aromatic N) is 2. The Balaban J connectivity index is 1.52. The Kier molecular flexibility index (Phi) is 8.98. The lowest BCUT2D eigenvalue weighted by molar-refractivity contribution is -0.160. The molecule has 3 aromatic rings. The summed E-state index contributed by atoms with van der Waals surface area (Å²) in [5.41, 5.74) is 1.75. The molecule has 0 aliphatic carbocycles. The van der Waals surface area contributed by atoms with Gasteiger partial charge >= 0.3 is 5.97 Å². The number of benzene rings is 3. The minimum atomic E-state index is -1.92. The Morgan fingerprint density at radius 1 is 0.682 bits per heavy atom. The highest BCUT2D eigenvalue weighted by Gasteiger charge is 2.53. The number of hydrogen-bond donors (Lipinski definition) is 4. The van der Waals surface area contributed by atoms with E-state index >= 15 is 0 Å². The summed E-state index contributed by atoms with van der Waals surface area (Å²) < 4.78 is 0. The number of aliphatic carboxylic acids is 1. The molecule has 12 heteroatoms. The Labute approximate surface area is 253 Å². The maximum atomic E-state index is 13.9. The van der Waals surface area contributed by atoms with Crippen molar-refractivity contribution in [3.63, 3.8) is 0 Å². The van der Waals surface area contributed by atoms with Gasteiger partial charge in [0, 0.05) is 18.8 Å². The van der Waals surface area contributed by atoms with E-state index in [-0.39, 0.29) is 26.2 Å². The van der Waals surface area contributed by atoms with Crippen molar-refractivity contribution in [2.45, 2.75) is 25.2 Å². The van der Waals surface area contributed by atoms with E-state index in [2.05, 4.69) is 16.0 Å². The highest BCUT2D eigenvalue weighted by Crippen LogP contribution is 2.29. The van der Waals surface area contributed by atoms with Gasteiger partial charge in [0.1, 0.15) is 12.1 Å². The summed E-state index contributed by atoms with van der Waals surface area (Å²) in [7, 11) is 0. The number of carbonyl (C=O) groups excluding carboxylic acids is 5. The van der Waals surface area contributed by atoms with Gasteiger partial charge in [0.2, 0.25) is 29.5 Å². The van der Waals surface area contributed by atoms with E-state index in [1.165, 1.54) is 9.80 Å². The molecule has 0 bridgehead atoms. The second-order valence-corrected chi connectivity index (χ2v) is 10.7. The first-order chi connectivity index (χ1) is 21.2. The Morgan fingerprint density at radius 3 is 1.52 bits per heavy atom. The molecule has 0 aromatic heterocycles. The van der Waals surface area contributed by atoms with E-state index in [1.54, 1.807) is 91.0 Å². The zero-order valence-corrected chi connectivity index (χ0v) is 23.6. The third-order valence-corrected chi connectivity index (χ3v) is 7.62. The van der Waals surface area contributed by atoms with Gasteiger partial charge in [0.05, 0.1) is 24.9 Å². The number of carboxylic acid groups (broad SMARTS) is 1. The minimum absolute atomic E-state index is 0.0285. The highest BCUT2D eigenvalue weighted by molar-refractivity contribution is 6.05. The van der Waals surface area contributed by atoms with E-state index in [0.717, 1.165) is 5.56 Å². The molecule has 2 saturated heterocycles. The van der Waals surface area contributed by atoms with Crippen LogP contribution in [-0.2, 0) is 41.9 Å². The van der Waals surface area contributed by atoms with Crippen molar-refractivity contribution in [2.75, 3.05) is 18.4 Å². The number of carbonyl (C=O) groups is 6. The van der Waals surface area contributed by atoms with E-state index < -0.39 is 59.4 Å². The van der Waals surface area contributed by atoms with Crippen molar-refractivity contribution in [2.24, 2.45) is 11.8 Å². The van der Waals surface area contributed by atoms with E-state index in [0.29, 0.717) is 11.3 Å². The van der Waals surface area contributed by atoms with Gasteiger partial charge in [-0.3, -0.25) is 28.8 Å². The standard InChI is InChI=1S/C32H31N5O7/c38-23-18-36(16-20-10-4-1-5-11-20)30(41)27(34-23)25(29(40)33-22-14-8-3-9-15-22)26(32(43)44)28-31(42)37(19-24(39)35-28)17-21-12-6-2-7-13-21/h1-15,25-28H,16-19H2,(H,33,40)(H,34,38)(H,35,39)(H,43,44)/t25?,26?,27-,28-/m1/s1. The van der Waals surface area contributed by atoms with Crippen LogP contribution in [0.1, 0.15) is 11.1 Å². The number of piperazine rings is 2. The molecule has 2 aliphatic rings. The summed E-state index contributed by atoms with van der Waals surface area (Å²) in [6, 6.07) is 22.6. The summed E-state index contributed by atoms with van der Waals surface area (Å²) in [5.74, 6) is -8.85. The Hall–Kier alpha value is -5.52. The molecule has 0 spiro atoms. The predicted molar refractivity (Wildman–Crippen MR) is 157 cm³/mol. The summed E-state index contributed by atoms with van der Waals surface area (Å²) in [6.07, 6.45) is 0. The lowest BCUT2D eigenvalue weighted by Crippen LogP contribution is -2.68. The third-order valence-electron chi connectivity index (χ3n) is 7.62. The number of rotatable bonds is 10. The molecule has 2 fully saturated rings. The minimum Gasteiger partial charge on any atom is -0.481 e. The van der Waals surface area contributed by atoms with E-state index in [1.807, 2.05) is 0 Å². The molecule has 3 aromatic carbocycles. The Bertz CT molecular complexity index is 1550. The average Bonchev–Trinajstić information content (AvgIpc) is 3.01. The van der Waals surface area contributed by atoms with Gasteiger partial charge in [0.25, 0.3) is 0 Å². The van der Waals surface area contributed by atoms with Crippen LogP contribution >= 0.6 is 0 Å². The topological polar surface area (TPSA) is 165 Å². The van der Waals surface area contributed by atoms with Crippen LogP contribution in [0.5, 0.6) is 0 Å². The second kappa shape index (κ2) is 13.2. The van der Waals surface area contributed by atoms with E-state index in [9.17, 15) is 33.9 Å². The first-order valence-electron chi connectivity index (χ1n) is 14.0. The van der Waals surface area contributed by atoms with Crippen molar-refractivity contribution < 1.29 is 33.9 Å². The molecule has 12 nitrogen and oxygen atoms in total. The molecule has 2 aliphatic heterocycles. The molecule has 4 atom stereocenters. The molecule has 226 valence electrons. The smallest absolute Gasteiger partial charge is 0.310 e. The molecule has 0 radical (unpaired) electrons. The summed E-state index contributed by atoms with van der Waals surface area (Å²) in [5, 5.41) is 18.1. The maximum absolute atomic E-state index is 13.9. The maximum Gasteiger partial charge on any atom is 0.310 e. The van der Waals surface area contributed by atoms with Crippen molar-refractivity contribution in [1.82, 2.24) is 20.4 Å². The van der Waals surface area contributed by atoms with Crippen LogP contribution in [-0.4, -0.2) is 75.6 Å². The van der Waals surface area contributed by atoms with Crippen LogP contribution in [0.4, 0.5) is 5.69 Å². The monoisotopic (exact) mass is 597 g/mol. The second-order valence-electron chi connectivity index (χ2n) is 10.7. The number of hydrogen-bond acceptors (Lipinski definition) is 6.